The lowest BCUT2D eigenvalue weighted by atomic mass is 9.66. The highest BCUT2D eigenvalue weighted by Gasteiger charge is 2.68. The molecule has 2 saturated carbocycles. The van der Waals surface area contributed by atoms with Crippen molar-refractivity contribution < 1.29 is 47.7 Å². The van der Waals surface area contributed by atoms with Crippen LogP contribution in [-0.2, 0) is 58.5 Å². The summed E-state index contributed by atoms with van der Waals surface area (Å²) in [6.07, 6.45) is 1.04. The van der Waals surface area contributed by atoms with Crippen molar-refractivity contribution in [2.24, 2.45) is 32.7 Å². The minimum absolute atomic E-state index is 0.00769. The van der Waals surface area contributed by atoms with E-state index >= 15 is 0 Å². The third-order valence-corrected chi connectivity index (χ3v) is 13.3. The molecule has 4 aromatic carbocycles. The molecule has 62 heavy (non-hydrogen) atoms. The first-order valence-corrected chi connectivity index (χ1v) is 20.6. The highest BCUT2D eigenvalue weighted by Crippen LogP contribution is 2.64. The summed E-state index contributed by atoms with van der Waals surface area (Å²) < 4.78 is 20.3. The zero-order valence-corrected chi connectivity index (χ0v) is 35.8. The maximum absolute atomic E-state index is 13.0. The van der Waals surface area contributed by atoms with Crippen LogP contribution in [-0.4, -0.2) is 75.3 Å². The summed E-state index contributed by atoms with van der Waals surface area (Å²) >= 11 is 0. The molecule has 2 aliphatic heterocycles. The van der Waals surface area contributed by atoms with Gasteiger partial charge >= 0.3 is 23.9 Å². The molecule has 0 bridgehead atoms. The molecule has 4 aliphatic rings. The average molecular weight is 839 g/mol. The Hall–Kier alpha value is -6.56. The molecule has 2 aliphatic carbocycles. The van der Waals surface area contributed by atoms with E-state index in [1.165, 1.54) is 42.3 Å². The lowest BCUT2D eigenvalue weighted by molar-refractivity contribution is -0.170. The number of hydrogen-bond acceptors (Lipinski definition) is 12. The second-order valence-corrected chi connectivity index (χ2v) is 16.7. The second kappa shape index (κ2) is 17.1. The Balaban J connectivity index is 0.000000186. The van der Waals surface area contributed by atoms with Crippen molar-refractivity contribution in [1.29, 1.82) is 0 Å². The Bertz CT molecular complexity index is 2290. The molecule has 2 spiro atoms. The largest absolute Gasteiger partial charge is 0.468 e. The van der Waals surface area contributed by atoms with Crippen LogP contribution in [0.25, 0.3) is 0 Å². The highest BCUT2D eigenvalue weighted by molar-refractivity contribution is 6.16. The number of carbonyl (C=O) groups excluding carboxylic acids is 6. The number of aliphatic imine (C=N–C) groups is 2. The molecule has 4 atom stereocenters. The minimum atomic E-state index is -1.50. The molecule has 0 N–H and O–H groups in total. The van der Waals surface area contributed by atoms with Crippen molar-refractivity contribution >= 4 is 58.2 Å². The van der Waals surface area contributed by atoms with Gasteiger partial charge in [0.2, 0.25) is 0 Å². The van der Waals surface area contributed by atoms with Gasteiger partial charge in [-0.3, -0.25) is 29.2 Å². The first-order chi connectivity index (χ1) is 29.8. The monoisotopic (exact) mass is 838 g/mol. The van der Waals surface area contributed by atoms with Crippen LogP contribution in [0.15, 0.2) is 119 Å². The van der Waals surface area contributed by atoms with Gasteiger partial charge in [0.1, 0.15) is 11.6 Å². The van der Waals surface area contributed by atoms with E-state index in [4.69, 9.17) is 28.9 Å². The molecule has 320 valence electrons. The van der Waals surface area contributed by atoms with E-state index in [1.54, 1.807) is 0 Å². The number of Topliss-reactive ketones (excluding diaryl/α,β-unsaturated/α-hetero) is 2. The zero-order valence-electron chi connectivity index (χ0n) is 35.8. The summed E-state index contributed by atoms with van der Waals surface area (Å²) in [5, 5.41) is 0. The SMILES string of the molecule is COC(=O)C1(C(=O)OC)C[C@H](CC(C)=O)[C@]2(C1)C(c1ccccc1)=Nc1ccccc12.COC(=O)C1(C(=O)OC)C[C@H](CC(C)=O)[C@]2(C1)C(c1ccccc1)=Nc1ccccc12. The van der Waals surface area contributed by atoms with Gasteiger partial charge in [0.25, 0.3) is 0 Å². The van der Waals surface area contributed by atoms with Crippen LogP contribution in [0.4, 0.5) is 11.4 Å². The van der Waals surface area contributed by atoms with Gasteiger partial charge in [-0.15, -0.1) is 0 Å². The third kappa shape index (κ3) is 6.95. The molecule has 0 aromatic heterocycles. The van der Waals surface area contributed by atoms with Crippen LogP contribution in [0.1, 0.15) is 74.6 Å². The normalized spacial score (nSPS) is 23.2. The number of nitrogens with zero attached hydrogens (tertiary/aromatic N) is 2. The molecule has 12 heteroatoms. The summed E-state index contributed by atoms with van der Waals surface area (Å²) in [5.41, 5.74) is 2.21. The molecule has 0 radical (unpaired) electrons. The van der Waals surface area contributed by atoms with Crippen LogP contribution >= 0.6 is 0 Å². The van der Waals surface area contributed by atoms with E-state index in [2.05, 4.69) is 0 Å². The van der Waals surface area contributed by atoms with Crippen LogP contribution in [0.5, 0.6) is 0 Å². The van der Waals surface area contributed by atoms with Crippen molar-refractivity contribution in [3.05, 3.63) is 131 Å². The second-order valence-electron chi connectivity index (χ2n) is 16.7. The van der Waals surface area contributed by atoms with Gasteiger partial charge in [0.15, 0.2) is 10.8 Å². The molecule has 4 aromatic rings. The fourth-order valence-electron chi connectivity index (χ4n) is 10.9. The summed E-state index contributed by atoms with van der Waals surface area (Å²) in [7, 11) is 5.08. The minimum Gasteiger partial charge on any atom is -0.468 e. The molecule has 2 heterocycles. The quantitative estimate of drug-likeness (QED) is 0.0885. The summed E-state index contributed by atoms with van der Waals surface area (Å²) in [4.78, 5) is 86.6. The predicted octanol–water partition coefficient (Wildman–Crippen LogP) is 7.56. The van der Waals surface area contributed by atoms with Gasteiger partial charge in [-0.25, -0.2) is 0 Å². The maximum atomic E-state index is 13.0. The van der Waals surface area contributed by atoms with Crippen molar-refractivity contribution in [3.8, 4) is 0 Å². The highest BCUT2D eigenvalue weighted by atomic mass is 16.6. The van der Waals surface area contributed by atoms with E-state index in [0.717, 1.165) is 45.1 Å². The summed E-state index contributed by atoms with van der Waals surface area (Å²) in [5.74, 6) is -3.19. The number of ketones is 2. The Kier molecular flexibility index (Phi) is 12.0. The number of rotatable bonds is 10. The molecule has 0 saturated heterocycles. The zero-order chi connectivity index (χ0) is 44.5. The molecular weight excluding hydrogens is 789 g/mol. The molecule has 0 unspecified atom stereocenters. The van der Waals surface area contributed by atoms with Crippen molar-refractivity contribution in [2.75, 3.05) is 28.4 Å². The fourth-order valence-corrected chi connectivity index (χ4v) is 10.9. The predicted molar refractivity (Wildman–Crippen MR) is 230 cm³/mol. The van der Waals surface area contributed by atoms with E-state index in [9.17, 15) is 28.8 Å². The number of benzene rings is 4. The molecule has 2 fully saturated rings. The van der Waals surface area contributed by atoms with Gasteiger partial charge < -0.3 is 28.5 Å². The first-order valence-electron chi connectivity index (χ1n) is 20.6. The molecular formula is C50H50N2O10. The van der Waals surface area contributed by atoms with Crippen molar-refractivity contribution in [1.82, 2.24) is 0 Å². The van der Waals surface area contributed by atoms with Crippen molar-refractivity contribution in [2.45, 2.75) is 63.2 Å². The number of hydrogen-bond donors (Lipinski definition) is 0. The summed E-state index contributed by atoms with van der Waals surface area (Å²) in [6, 6.07) is 34.9. The van der Waals surface area contributed by atoms with E-state index in [-0.39, 0.29) is 61.9 Å². The maximum Gasteiger partial charge on any atom is 0.323 e. The number of carbonyl (C=O) groups is 6. The Labute approximate surface area is 360 Å². The Morgan fingerprint density at radius 2 is 0.790 bits per heavy atom. The number of esters is 4. The van der Waals surface area contributed by atoms with Gasteiger partial charge in [-0.05, 0) is 85.8 Å². The van der Waals surface area contributed by atoms with Gasteiger partial charge in [-0.1, -0.05) is 97.1 Å². The Morgan fingerprint density at radius 1 is 0.484 bits per heavy atom. The van der Waals surface area contributed by atoms with Crippen molar-refractivity contribution in [3.63, 3.8) is 0 Å². The van der Waals surface area contributed by atoms with Gasteiger partial charge in [0.05, 0.1) is 51.2 Å². The lowest BCUT2D eigenvalue weighted by Crippen LogP contribution is -2.43. The first kappa shape index (κ1) is 43.5. The number of methoxy groups -OCH3 is 4. The number of para-hydroxylation sites is 2. The smallest absolute Gasteiger partial charge is 0.323 e. The Morgan fingerprint density at radius 3 is 1.10 bits per heavy atom. The average Bonchev–Trinajstić information content (AvgIpc) is 4.02. The number of ether oxygens (including phenoxy) is 4. The topological polar surface area (TPSA) is 164 Å². The van der Waals surface area contributed by atoms with Crippen LogP contribution in [0.2, 0.25) is 0 Å². The van der Waals surface area contributed by atoms with Gasteiger partial charge in [0, 0.05) is 23.7 Å². The summed E-state index contributed by atoms with van der Waals surface area (Å²) in [6.45, 7) is 3.06. The number of fused-ring (bicyclic) bond motifs is 4. The molecule has 0 amide bonds. The fraction of sp³-hybridized carbons (Fsp3) is 0.360. The standard InChI is InChI=1S/2C25H25NO5/c2*1-16(27)13-18-14-24(22(28)30-2,23(29)31-3)15-25(18)19-11-7-8-12-20(19)26-21(25)17-9-5-4-6-10-17/h2*4-12,18H,13-15H2,1-3H3/t2*18-,25-/m00/s1. The van der Waals surface area contributed by atoms with E-state index in [1.807, 2.05) is 109 Å². The van der Waals surface area contributed by atoms with Gasteiger partial charge in [-0.2, -0.15) is 0 Å². The molecule has 8 rings (SSSR count). The van der Waals surface area contributed by atoms with E-state index < -0.39 is 45.5 Å². The van der Waals surface area contributed by atoms with Crippen LogP contribution in [0, 0.1) is 22.7 Å². The van der Waals surface area contributed by atoms with Crippen LogP contribution < -0.4 is 0 Å². The molecule has 12 nitrogen and oxygen atoms in total. The van der Waals surface area contributed by atoms with Crippen LogP contribution in [0.3, 0.4) is 0 Å². The third-order valence-electron chi connectivity index (χ3n) is 13.3. The van der Waals surface area contributed by atoms with E-state index in [0.29, 0.717) is 0 Å². The lowest BCUT2D eigenvalue weighted by Gasteiger charge is -2.34.